The molecule has 130 valence electrons. The van der Waals surface area contributed by atoms with Crippen LogP contribution in [0.4, 0.5) is 0 Å². The van der Waals surface area contributed by atoms with Crippen LogP contribution in [0.25, 0.3) is 53.9 Å². The Morgan fingerprint density at radius 3 is 2.63 bits per heavy atom. The molecule has 0 unspecified atom stereocenters. The van der Waals surface area contributed by atoms with Gasteiger partial charge in [-0.1, -0.05) is 24.3 Å². The van der Waals surface area contributed by atoms with Crippen LogP contribution in [0.1, 0.15) is 10.6 Å². The van der Waals surface area contributed by atoms with Gasteiger partial charge in [-0.15, -0.1) is 11.3 Å². The molecular formula is C24H16O2S. The monoisotopic (exact) mass is 368 g/mol. The van der Waals surface area contributed by atoms with Gasteiger partial charge in [-0.3, -0.25) is 0 Å². The van der Waals surface area contributed by atoms with E-state index in [-0.39, 0.29) is 0 Å². The van der Waals surface area contributed by atoms with Crippen molar-refractivity contribution in [3.63, 3.8) is 0 Å². The van der Waals surface area contributed by atoms with E-state index in [9.17, 15) is 0 Å². The number of furan rings is 2. The lowest BCUT2D eigenvalue weighted by atomic mass is 9.95. The van der Waals surface area contributed by atoms with Crippen LogP contribution in [0, 0.1) is 13.8 Å². The van der Waals surface area contributed by atoms with Gasteiger partial charge in [0.2, 0.25) is 0 Å². The average molecular weight is 368 g/mol. The van der Waals surface area contributed by atoms with E-state index < -0.39 is 0 Å². The van der Waals surface area contributed by atoms with Crippen LogP contribution in [0.5, 0.6) is 0 Å². The second-order valence-corrected chi connectivity index (χ2v) is 8.36. The van der Waals surface area contributed by atoms with E-state index in [1.807, 2.05) is 24.3 Å². The average Bonchev–Trinajstić information content (AvgIpc) is 3.35. The summed E-state index contributed by atoms with van der Waals surface area (Å²) in [6.45, 7) is 4.17. The predicted molar refractivity (Wildman–Crippen MR) is 114 cm³/mol. The molecule has 3 heterocycles. The molecule has 0 saturated carbocycles. The van der Waals surface area contributed by atoms with Crippen molar-refractivity contribution in [3.8, 4) is 11.1 Å². The molecule has 2 nitrogen and oxygen atoms in total. The SMILES string of the molecule is Cc1cc2cc3occc3c(-c3cc4ccccc4c4cc(C)sc34)c2o1. The van der Waals surface area contributed by atoms with Gasteiger partial charge in [-0.05, 0) is 55.0 Å². The largest absolute Gasteiger partial charge is 0.464 e. The van der Waals surface area contributed by atoms with Gasteiger partial charge in [-0.25, -0.2) is 0 Å². The molecule has 0 spiro atoms. The Hall–Kier alpha value is -3.04. The molecule has 0 fully saturated rings. The molecule has 0 radical (unpaired) electrons. The molecule has 3 aromatic carbocycles. The maximum absolute atomic E-state index is 6.16. The van der Waals surface area contributed by atoms with E-state index in [4.69, 9.17) is 8.83 Å². The van der Waals surface area contributed by atoms with Crippen LogP contribution in [0.3, 0.4) is 0 Å². The first-order valence-electron chi connectivity index (χ1n) is 9.02. The highest BCUT2D eigenvalue weighted by Crippen LogP contribution is 2.45. The van der Waals surface area contributed by atoms with Crippen molar-refractivity contribution in [3.05, 3.63) is 71.5 Å². The maximum atomic E-state index is 6.16. The Kier molecular flexibility index (Phi) is 2.92. The van der Waals surface area contributed by atoms with Crippen LogP contribution < -0.4 is 0 Å². The maximum Gasteiger partial charge on any atom is 0.143 e. The highest BCUT2D eigenvalue weighted by molar-refractivity contribution is 7.19. The second-order valence-electron chi connectivity index (χ2n) is 7.10. The topological polar surface area (TPSA) is 26.3 Å². The molecule has 0 aliphatic rings. The van der Waals surface area contributed by atoms with Crippen molar-refractivity contribution < 1.29 is 8.83 Å². The molecule has 3 heteroatoms. The lowest BCUT2D eigenvalue weighted by Gasteiger charge is -2.09. The molecule has 0 amide bonds. The number of fused-ring (bicyclic) bond motifs is 5. The first-order chi connectivity index (χ1) is 13.2. The van der Waals surface area contributed by atoms with E-state index in [2.05, 4.69) is 55.5 Å². The molecule has 0 aliphatic carbocycles. The van der Waals surface area contributed by atoms with E-state index in [1.165, 1.54) is 31.3 Å². The van der Waals surface area contributed by atoms with Crippen molar-refractivity contribution in [2.24, 2.45) is 0 Å². The number of hydrogen-bond donors (Lipinski definition) is 0. The van der Waals surface area contributed by atoms with Crippen LogP contribution in [-0.2, 0) is 0 Å². The quantitative estimate of drug-likeness (QED) is 0.295. The minimum absolute atomic E-state index is 0.896. The summed E-state index contributed by atoms with van der Waals surface area (Å²) in [4.78, 5) is 1.31. The van der Waals surface area contributed by atoms with Gasteiger partial charge in [0, 0.05) is 36.9 Å². The standard InChI is InChI=1S/C24H16O2S/c1-13-9-16-12-21-18(7-8-25-21)22(23(16)26-13)20-11-15-5-3-4-6-17(15)19-10-14(2)27-24(19)20/h3-12H,1-2H3. The molecule has 0 atom stereocenters. The minimum atomic E-state index is 0.896. The molecule has 6 rings (SSSR count). The van der Waals surface area contributed by atoms with Gasteiger partial charge in [0.15, 0.2) is 0 Å². The molecule has 0 aliphatic heterocycles. The Balaban J connectivity index is 1.88. The summed E-state index contributed by atoms with van der Waals surface area (Å²) in [5.41, 5.74) is 4.17. The molecule has 0 bridgehead atoms. The van der Waals surface area contributed by atoms with Gasteiger partial charge in [-0.2, -0.15) is 0 Å². The third-order valence-corrected chi connectivity index (χ3v) is 6.37. The fraction of sp³-hybridized carbons (Fsp3) is 0.0833. The Bertz CT molecular complexity index is 1490. The number of hydrogen-bond acceptors (Lipinski definition) is 3. The third kappa shape index (κ3) is 2.06. The van der Waals surface area contributed by atoms with Crippen molar-refractivity contribution in [1.29, 1.82) is 0 Å². The van der Waals surface area contributed by atoms with Crippen LogP contribution in [0.15, 0.2) is 69.7 Å². The van der Waals surface area contributed by atoms with E-state index in [0.29, 0.717) is 0 Å². The molecule has 27 heavy (non-hydrogen) atoms. The Morgan fingerprint density at radius 2 is 1.70 bits per heavy atom. The lowest BCUT2D eigenvalue weighted by Crippen LogP contribution is -1.84. The lowest BCUT2D eigenvalue weighted by molar-refractivity contribution is 0.579. The number of rotatable bonds is 1. The molecular weight excluding hydrogens is 352 g/mol. The summed E-state index contributed by atoms with van der Waals surface area (Å²) in [7, 11) is 0. The van der Waals surface area contributed by atoms with Crippen LogP contribution >= 0.6 is 11.3 Å². The zero-order valence-electron chi connectivity index (χ0n) is 15.0. The zero-order valence-corrected chi connectivity index (χ0v) is 15.8. The van der Waals surface area contributed by atoms with Gasteiger partial charge < -0.3 is 8.83 Å². The summed E-state index contributed by atoms with van der Waals surface area (Å²) in [5, 5.41) is 6.03. The van der Waals surface area contributed by atoms with Gasteiger partial charge in [0.25, 0.3) is 0 Å². The summed E-state index contributed by atoms with van der Waals surface area (Å²) in [5.74, 6) is 0.915. The number of benzene rings is 3. The molecule has 6 aromatic rings. The van der Waals surface area contributed by atoms with Crippen molar-refractivity contribution >= 4 is 54.1 Å². The molecule has 0 N–H and O–H groups in total. The third-order valence-electron chi connectivity index (χ3n) is 5.28. The highest BCUT2D eigenvalue weighted by atomic mass is 32.1. The number of aryl methyl sites for hydroxylation is 2. The highest BCUT2D eigenvalue weighted by Gasteiger charge is 2.19. The predicted octanol–water partition coefficient (Wildman–Crippen LogP) is 7.83. The van der Waals surface area contributed by atoms with E-state index in [0.717, 1.165) is 33.3 Å². The van der Waals surface area contributed by atoms with Crippen LogP contribution in [-0.4, -0.2) is 0 Å². The Morgan fingerprint density at radius 1 is 0.815 bits per heavy atom. The van der Waals surface area contributed by atoms with Gasteiger partial charge >= 0.3 is 0 Å². The number of thiophene rings is 1. The Labute approximate surface area is 159 Å². The van der Waals surface area contributed by atoms with Gasteiger partial charge in [0.1, 0.15) is 16.9 Å². The molecule has 0 saturated heterocycles. The second kappa shape index (κ2) is 5.24. The van der Waals surface area contributed by atoms with Crippen molar-refractivity contribution in [2.75, 3.05) is 0 Å². The first kappa shape index (κ1) is 15.1. The van der Waals surface area contributed by atoms with Crippen molar-refractivity contribution in [2.45, 2.75) is 13.8 Å². The zero-order chi connectivity index (χ0) is 18.1. The normalized spacial score (nSPS) is 12.1. The smallest absolute Gasteiger partial charge is 0.143 e. The fourth-order valence-electron chi connectivity index (χ4n) is 4.20. The van der Waals surface area contributed by atoms with Crippen LogP contribution in [0.2, 0.25) is 0 Å². The summed E-state index contributed by atoms with van der Waals surface area (Å²) in [6, 6.07) is 19.4. The summed E-state index contributed by atoms with van der Waals surface area (Å²) < 4.78 is 13.2. The molecule has 3 aromatic heterocycles. The van der Waals surface area contributed by atoms with Gasteiger partial charge in [0.05, 0.1) is 6.26 Å². The summed E-state index contributed by atoms with van der Waals surface area (Å²) >= 11 is 1.84. The summed E-state index contributed by atoms with van der Waals surface area (Å²) in [6.07, 6.45) is 1.76. The van der Waals surface area contributed by atoms with E-state index in [1.54, 1.807) is 6.26 Å². The first-order valence-corrected chi connectivity index (χ1v) is 9.83. The fourth-order valence-corrected chi connectivity index (χ4v) is 5.24. The minimum Gasteiger partial charge on any atom is -0.464 e. The van der Waals surface area contributed by atoms with Crippen molar-refractivity contribution in [1.82, 2.24) is 0 Å². The van der Waals surface area contributed by atoms with E-state index >= 15 is 0 Å².